The van der Waals surface area contributed by atoms with Crippen molar-refractivity contribution in [1.29, 1.82) is 0 Å². The van der Waals surface area contributed by atoms with E-state index in [1.807, 2.05) is 24.3 Å². The number of carbonyl (C=O) groups excluding carboxylic acids is 2. The van der Waals surface area contributed by atoms with Crippen molar-refractivity contribution in [3.05, 3.63) is 101 Å². The van der Waals surface area contributed by atoms with Crippen molar-refractivity contribution < 1.29 is 19.5 Å². The van der Waals surface area contributed by atoms with Crippen LogP contribution in [0.25, 0.3) is 10.8 Å². The maximum absolute atomic E-state index is 12.4. The topological polar surface area (TPSA) is 100 Å². The molecule has 2 N–H and O–H groups in total. The number of aromatic hydroxyl groups is 1. The van der Waals surface area contributed by atoms with E-state index in [1.165, 1.54) is 6.07 Å². The van der Waals surface area contributed by atoms with E-state index in [4.69, 9.17) is 4.84 Å². The number of azo groups is 1. The van der Waals surface area contributed by atoms with Gasteiger partial charge < -0.3 is 9.94 Å². The van der Waals surface area contributed by atoms with Crippen LogP contribution in [-0.4, -0.2) is 17.0 Å². The SMILES string of the molecule is O=C(N=Nc1ccc(NOC(=O)c2ccccc2Br)cc1)c1cc2ccccc2cc1O. The fourth-order valence-corrected chi connectivity index (χ4v) is 3.39. The molecule has 0 unspecified atom stereocenters. The summed E-state index contributed by atoms with van der Waals surface area (Å²) in [5, 5.41) is 19.4. The minimum atomic E-state index is -0.655. The monoisotopic (exact) mass is 489 g/mol. The normalized spacial score (nSPS) is 10.9. The van der Waals surface area contributed by atoms with Crippen molar-refractivity contribution in [1.82, 2.24) is 0 Å². The quantitative estimate of drug-likeness (QED) is 0.249. The third-order valence-corrected chi connectivity index (χ3v) is 5.26. The molecule has 0 aliphatic heterocycles. The number of hydrogen-bond acceptors (Lipinski definition) is 6. The summed E-state index contributed by atoms with van der Waals surface area (Å²) in [7, 11) is 0. The molecule has 0 aromatic heterocycles. The van der Waals surface area contributed by atoms with Gasteiger partial charge in [0.1, 0.15) is 5.75 Å². The van der Waals surface area contributed by atoms with Crippen LogP contribution in [0.1, 0.15) is 20.7 Å². The summed E-state index contributed by atoms with van der Waals surface area (Å²) in [6.45, 7) is 0. The standard InChI is InChI=1S/C24H16BrN3O4/c25-21-8-4-3-7-19(21)24(31)32-28-18-11-9-17(10-12-18)26-27-23(30)20-13-15-5-1-2-6-16(15)14-22(20)29/h1-14,28-29H. The van der Waals surface area contributed by atoms with Crippen molar-refractivity contribution >= 4 is 50.0 Å². The average molecular weight is 490 g/mol. The van der Waals surface area contributed by atoms with Gasteiger partial charge in [0.05, 0.1) is 22.5 Å². The molecule has 4 aromatic carbocycles. The maximum atomic E-state index is 12.4. The molecule has 1 amide bonds. The van der Waals surface area contributed by atoms with Gasteiger partial charge in [-0.05, 0) is 75.2 Å². The Morgan fingerprint density at radius 3 is 2.22 bits per heavy atom. The smallest absolute Gasteiger partial charge is 0.363 e. The van der Waals surface area contributed by atoms with Gasteiger partial charge in [-0.1, -0.05) is 36.4 Å². The number of nitrogens with one attached hydrogen (secondary N) is 1. The summed E-state index contributed by atoms with van der Waals surface area (Å²) in [4.78, 5) is 29.6. The van der Waals surface area contributed by atoms with Crippen molar-refractivity contribution in [2.45, 2.75) is 0 Å². The Bertz CT molecular complexity index is 1340. The molecule has 158 valence electrons. The highest BCUT2D eigenvalue weighted by molar-refractivity contribution is 9.10. The fourth-order valence-electron chi connectivity index (χ4n) is 2.94. The van der Waals surface area contributed by atoms with Gasteiger partial charge in [-0.3, -0.25) is 4.79 Å². The lowest BCUT2D eigenvalue weighted by molar-refractivity contribution is 0.0595. The first-order chi connectivity index (χ1) is 15.5. The fraction of sp³-hybridized carbons (Fsp3) is 0. The molecule has 8 heteroatoms. The number of anilines is 1. The Hall–Kier alpha value is -4.04. The van der Waals surface area contributed by atoms with Gasteiger partial charge in [0.15, 0.2) is 0 Å². The van der Waals surface area contributed by atoms with E-state index in [0.717, 1.165) is 10.8 Å². The van der Waals surface area contributed by atoms with E-state index in [1.54, 1.807) is 54.6 Å². The van der Waals surface area contributed by atoms with Gasteiger partial charge in [-0.25, -0.2) is 10.3 Å². The summed E-state index contributed by atoms with van der Waals surface area (Å²) < 4.78 is 0.629. The number of halogens is 1. The number of nitrogens with zero attached hydrogens (tertiary/aromatic N) is 2. The molecule has 4 rings (SSSR count). The Kier molecular flexibility index (Phi) is 6.23. The molecule has 0 heterocycles. The summed E-state index contributed by atoms with van der Waals surface area (Å²) >= 11 is 3.30. The Labute approximate surface area is 191 Å². The van der Waals surface area contributed by atoms with E-state index < -0.39 is 11.9 Å². The second-order valence-electron chi connectivity index (χ2n) is 6.74. The van der Waals surface area contributed by atoms with Crippen LogP contribution in [0.4, 0.5) is 11.4 Å². The third-order valence-electron chi connectivity index (χ3n) is 4.57. The maximum Gasteiger partial charge on any atom is 0.363 e. The Morgan fingerprint density at radius 2 is 1.50 bits per heavy atom. The van der Waals surface area contributed by atoms with Crippen molar-refractivity contribution in [2.75, 3.05) is 5.48 Å². The van der Waals surface area contributed by atoms with Gasteiger partial charge in [0.2, 0.25) is 0 Å². The number of fused-ring (bicyclic) bond motifs is 1. The summed E-state index contributed by atoms with van der Waals surface area (Å²) in [6.07, 6.45) is 0. The lowest BCUT2D eigenvalue weighted by Gasteiger charge is -2.07. The number of rotatable bonds is 5. The second-order valence-corrected chi connectivity index (χ2v) is 7.59. The largest absolute Gasteiger partial charge is 0.507 e. The molecule has 4 aromatic rings. The van der Waals surface area contributed by atoms with E-state index in [0.29, 0.717) is 21.4 Å². The average Bonchev–Trinajstić information content (AvgIpc) is 2.81. The first kappa shape index (κ1) is 21.2. The van der Waals surface area contributed by atoms with Crippen LogP contribution < -0.4 is 5.48 Å². The molecular formula is C24H16BrN3O4. The van der Waals surface area contributed by atoms with Crippen LogP contribution in [0.15, 0.2) is 99.6 Å². The Balaban J connectivity index is 1.40. The predicted molar refractivity (Wildman–Crippen MR) is 124 cm³/mol. The van der Waals surface area contributed by atoms with E-state index in [2.05, 4.69) is 31.6 Å². The molecule has 0 aliphatic rings. The van der Waals surface area contributed by atoms with E-state index in [-0.39, 0.29) is 11.3 Å². The Morgan fingerprint density at radius 1 is 0.844 bits per heavy atom. The van der Waals surface area contributed by atoms with E-state index >= 15 is 0 Å². The van der Waals surface area contributed by atoms with Gasteiger partial charge in [0.25, 0.3) is 5.91 Å². The zero-order valence-electron chi connectivity index (χ0n) is 16.5. The predicted octanol–water partition coefficient (Wildman–Crippen LogP) is 6.42. The van der Waals surface area contributed by atoms with Crippen LogP contribution in [-0.2, 0) is 4.84 Å². The first-order valence-corrected chi connectivity index (χ1v) is 10.3. The highest BCUT2D eigenvalue weighted by atomic mass is 79.9. The number of carbonyl (C=O) groups is 2. The summed E-state index contributed by atoms with van der Waals surface area (Å²) in [5.41, 5.74) is 3.97. The van der Waals surface area contributed by atoms with Gasteiger partial charge in [-0.2, -0.15) is 0 Å². The molecule has 0 saturated heterocycles. The number of benzene rings is 4. The third kappa shape index (κ3) is 4.81. The second kappa shape index (κ2) is 9.40. The van der Waals surface area contributed by atoms with Crippen LogP contribution in [0.5, 0.6) is 5.75 Å². The van der Waals surface area contributed by atoms with Crippen LogP contribution in [0.3, 0.4) is 0 Å². The van der Waals surface area contributed by atoms with Gasteiger partial charge >= 0.3 is 5.97 Å². The van der Waals surface area contributed by atoms with Gasteiger partial charge in [0, 0.05) is 4.47 Å². The number of phenols is 1. The van der Waals surface area contributed by atoms with E-state index in [9.17, 15) is 14.7 Å². The van der Waals surface area contributed by atoms with Crippen molar-refractivity contribution in [3.8, 4) is 5.75 Å². The number of amides is 1. The van der Waals surface area contributed by atoms with Crippen LogP contribution in [0.2, 0.25) is 0 Å². The molecule has 7 nitrogen and oxygen atoms in total. The molecule has 0 fully saturated rings. The zero-order valence-corrected chi connectivity index (χ0v) is 18.1. The summed E-state index contributed by atoms with van der Waals surface area (Å²) in [5.74, 6) is -1.35. The van der Waals surface area contributed by atoms with Crippen LogP contribution >= 0.6 is 15.9 Å². The highest BCUT2D eigenvalue weighted by Crippen LogP contribution is 2.26. The minimum Gasteiger partial charge on any atom is -0.507 e. The summed E-state index contributed by atoms with van der Waals surface area (Å²) in [6, 6.07) is 23.9. The molecule has 0 bridgehead atoms. The van der Waals surface area contributed by atoms with Crippen LogP contribution in [0, 0.1) is 0 Å². The molecule has 32 heavy (non-hydrogen) atoms. The number of hydrogen-bond donors (Lipinski definition) is 2. The highest BCUT2D eigenvalue weighted by Gasteiger charge is 2.13. The molecular weight excluding hydrogens is 474 g/mol. The molecule has 0 spiro atoms. The van der Waals surface area contributed by atoms with Crippen molar-refractivity contribution in [3.63, 3.8) is 0 Å². The molecule has 0 atom stereocenters. The molecule has 0 aliphatic carbocycles. The number of phenolic OH excluding ortho intramolecular Hbond substituents is 1. The lowest BCUT2D eigenvalue weighted by Crippen LogP contribution is -2.11. The molecule has 0 radical (unpaired) electrons. The van der Waals surface area contributed by atoms with Gasteiger partial charge in [-0.15, -0.1) is 10.2 Å². The minimum absolute atomic E-state index is 0.0738. The molecule has 0 saturated carbocycles. The zero-order chi connectivity index (χ0) is 22.5. The van der Waals surface area contributed by atoms with Crippen molar-refractivity contribution in [2.24, 2.45) is 10.2 Å². The lowest BCUT2D eigenvalue weighted by atomic mass is 10.1. The first-order valence-electron chi connectivity index (χ1n) is 9.51.